The molecule has 3 rings (SSSR count). The second kappa shape index (κ2) is 6.78. The van der Waals surface area contributed by atoms with E-state index in [0.717, 1.165) is 5.56 Å². The van der Waals surface area contributed by atoms with E-state index >= 15 is 0 Å². The van der Waals surface area contributed by atoms with E-state index in [0.29, 0.717) is 33.6 Å². The summed E-state index contributed by atoms with van der Waals surface area (Å²) in [5.41, 5.74) is 9.90. The van der Waals surface area contributed by atoms with Crippen molar-refractivity contribution in [3.8, 4) is 34.1 Å². The smallest absolute Gasteiger partial charge is 0.247 e. The minimum absolute atomic E-state index is 0.0531. The van der Waals surface area contributed by atoms with Gasteiger partial charge >= 0.3 is 0 Å². The quantitative estimate of drug-likeness (QED) is 0.455. The number of para-hydroxylation sites is 1. The topological polar surface area (TPSA) is 85.7 Å². The van der Waals surface area contributed by atoms with E-state index in [2.05, 4.69) is 10.0 Å². The lowest BCUT2D eigenvalue weighted by atomic mass is 10.0. The molecule has 0 N–H and O–H groups in total. The minimum Gasteiger partial charge on any atom is -0.493 e. The fourth-order valence-corrected chi connectivity index (χ4v) is 2.76. The molecule has 2 aromatic rings. The van der Waals surface area contributed by atoms with Crippen LogP contribution in [0.3, 0.4) is 0 Å². The van der Waals surface area contributed by atoms with Crippen LogP contribution in [0.1, 0.15) is 0 Å². The molecule has 0 amide bonds. The van der Waals surface area contributed by atoms with Gasteiger partial charge in [0.15, 0.2) is 23.0 Å². The van der Waals surface area contributed by atoms with Crippen LogP contribution in [-0.2, 0) is 0 Å². The van der Waals surface area contributed by atoms with Gasteiger partial charge < -0.3 is 18.9 Å². The first-order chi connectivity index (χ1) is 11.7. The molecule has 0 radical (unpaired) electrons. The second-order valence-corrected chi connectivity index (χ2v) is 5.34. The van der Waals surface area contributed by atoms with Crippen LogP contribution in [0.5, 0.6) is 23.0 Å². The number of ether oxygens (including phenoxy) is 4. The van der Waals surface area contributed by atoms with Crippen LogP contribution in [0, 0.1) is 0 Å². The van der Waals surface area contributed by atoms with E-state index in [1.807, 2.05) is 12.1 Å². The van der Waals surface area contributed by atoms with Crippen molar-refractivity contribution in [2.75, 3.05) is 20.8 Å². The van der Waals surface area contributed by atoms with Crippen LogP contribution < -0.4 is 18.9 Å². The predicted molar refractivity (Wildman–Crippen MR) is 89.0 cm³/mol. The number of rotatable bonds is 5. The lowest BCUT2D eigenvalue weighted by Crippen LogP contribution is -2.21. The number of benzene rings is 2. The molecule has 0 saturated heterocycles. The number of methoxy groups -OCH3 is 2. The van der Waals surface area contributed by atoms with Crippen LogP contribution >= 0.6 is 11.6 Å². The van der Waals surface area contributed by atoms with Gasteiger partial charge in [-0.2, -0.15) is 0 Å². The van der Waals surface area contributed by atoms with E-state index in [1.54, 1.807) is 32.4 Å². The number of hydrogen-bond acceptors (Lipinski definition) is 5. The van der Waals surface area contributed by atoms with Crippen molar-refractivity contribution in [2.24, 2.45) is 5.11 Å². The van der Waals surface area contributed by atoms with Crippen molar-refractivity contribution in [1.82, 2.24) is 0 Å². The van der Waals surface area contributed by atoms with Gasteiger partial charge in [-0.05, 0) is 17.7 Å². The fraction of sp³-hybridized carbons (Fsp3) is 0.250. The van der Waals surface area contributed by atoms with Gasteiger partial charge in [0.05, 0.1) is 14.2 Å². The molecule has 24 heavy (non-hydrogen) atoms. The van der Waals surface area contributed by atoms with Crippen molar-refractivity contribution in [1.29, 1.82) is 0 Å². The Morgan fingerprint density at radius 3 is 2.75 bits per heavy atom. The molecule has 0 spiro atoms. The van der Waals surface area contributed by atoms with Gasteiger partial charge in [0.1, 0.15) is 6.54 Å². The molecule has 0 bridgehead atoms. The Labute approximate surface area is 143 Å². The Bertz CT molecular complexity index is 821. The molecule has 1 atom stereocenters. The fourth-order valence-electron chi connectivity index (χ4n) is 2.55. The average molecular weight is 348 g/mol. The van der Waals surface area contributed by atoms with Gasteiger partial charge in [-0.15, -0.1) is 0 Å². The van der Waals surface area contributed by atoms with E-state index < -0.39 is 6.29 Å². The molecule has 8 heteroatoms. The first kappa shape index (κ1) is 16.1. The zero-order chi connectivity index (χ0) is 17.1. The highest BCUT2D eigenvalue weighted by Gasteiger charge is 2.29. The van der Waals surface area contributed by atoms with Crippen molar-refractivity contribution in [2.45, 2.75) is 6.29 Å². The zero-order valence-electron chi connectivity index (χ0n) is 13.0. The molecule has 2 aromatic carbocycles. The maximum atomic E-state index is 8.44. The summed E-state index contributed by atoms with van der Waals surface area (Å²) in [6.45, 7) is 0.0531. The third kappa shape index (κ3) is 2.87. The maximum absolute atomic E-state index is 8.44. The van der Waals surface area contributed by atoms with E-state index in [1.165, 1.54) is 0 Å². The molecule has 1 heterocycles. The van der Waals surface area contributed by atoms with E-state index in [4.69, 9.17) is 36.1 Å². The Morgan fingerprint density at radius 1 is 1.21 bits per heavy atom. The number of fused-ring (bicyclic) bond motifs is 1. The third-order valence-electron chi connectivity index (χ3n) is 3.51. The summed E-state index contributed by atoms with van der Waals surface area (Å²) in [5, 5.41) is 3.96. The van der Waals surface area contributed by atoms with Crippen molar-refractivity contribution >= 4 is 11.6 Å². The molecule has 1 unspecified atom stereocenters. The largest absolute Gasteiger partial charge is 0.493 e. The van der Waals surface area contributed by atoms with Gasteiger partial charge in [0.2, 0.25) is 6.29 Å². The molecule has 0 saturated carbocycles. The summed E-state index contributed by atoms with van der Waals surface area (Å²) in [6, 6.07) is 8.93. The summed E-state index contributed by atoms with van der Waals surface area (Å²) in [7, 11) is 3.13. The van der Waals surface area contributed by atoms with E-state index in [-0.39, 0.29) is 6.54 Å². The molecule has 1 aliphatic heterocycles. The summed E-state index contributed by atoms with van der Waals surface area (Å²) in [5.74, 6) is 2.16. The second-order valence-electron chi connectivity index (χ2n) is 4.90. The van der Waals surface area contributed by atoms with Gasteiger partial charge in [0, 0.05) is 27.1 Å². The summed E-state index contributed by atoms with van der Waals surface area (Å²) in [6.07, 6.45) is -0.690. The SMILES string of the molecule is COc1cccc(-c2cc(Cl)cc3c2OC(CN=[N+]=[N-])O3)c1OC. The minimum atomic E-state index is -0.690. The Kier molecular flexibility index (Phi) is 4.55. The molecule has 0 fully saturated rings. The van der Waals surface area contributed by atoms with Crippen molar-refractivity contribution in [3.05, 3.63) is 45.8 Å². The highest BCUT2D eigenvalue weighted by Crippen LogP contribution is 2.49. The van der Waals surface area contributed by atoms with Crippen LogP contribution in [0.4, 0.5) is 0 Å². The Hall–Kier alpha value is -2.76. The van der Waals surface area contributed by atoms with Crippen LogP contribution in [-0.4, -0.2) is 27.1 Å². The molecular weight excluding hydrogens is 334 g/mol. The molecule has 1 aliphatic rings. The lowest BCUT2D eigenvalue weighted by molar-refractivity contribution is 0.0584. The molecule has 0 aromatic heterocycles. The van der Waals surface area contributed by atoms with Gasteiger partial charge in [-0.3, -0.25) is 0 Å². The van der Waals surface area contributed by atoms with Crippen molar-refractivity contribution < 1.29 is 18.9 Å². The first-order valence-corrected chi connectivity index (χ1v) is 7.44. The monoisotopic (exact) mass is 347 g/mol. The normalized spacial score (nSPS) is 14.9. The summed E-state index contributed by atoms with van der Waals surface area (Å²) in [4.78, 5) is 2.71. The third-order valence-corrected chi connectivity index (χ3v) is 3.73. The number of hydrogen-bond donors (Lipinski definition) is 0. The van der Waals surface area contributed by atoms with Gasteiger partial charge in [-0.25, -0.2) is 0 Å². The van der Waals surface area contributed by atoms with E-state index in [9.17, 15) is 0 Å². The molecule has 7 nitrogen and oxygen atoms in total. The Balaban J connectivity index is 2.10. The Morgan fingerprint density at radius 2 is 2.04 bits per heavy atom. The maximum Gasteiger partial charge on any atom is 0.247 e. The van der Waals surface area contributed by atoms with Crippen LogP contribution in [0.2, 0.25) is 5.02 Å². The number of azide groups is 1. The van der Waals surface area contributed by atoms with Crippen molar-refractivity contribution in [3.63, 3.8) is 0 Å². The molecule has 0 aliphatic carbocycles. The molecule has 124 valence electrons. The number of halogens is 1. The standard InChI is InChI=1S/C16H14ClN3O4/c1-21-12-5-3-4-10(15(12)22-2)11-6-9(17)7-13-16(11)24-14(23-13)8-19-20-18/h3-7,14H,8H2,1-2H3. The highest BCUT2D eigenvalue weighted by atomic mass is 35.5. The molecular formula is C16H14ClN3O4. The van der Waals surface area contributed by atoms with Gasteiger partial charge in [-0.1, -0.05) is 28.8 Å². The average Bonchev–Trinajstić information content (AvgIpc) is 3.00. The number of nitrogens with zero attached hydrogens (tertiary/aromatic N) is 3. The predicted octanol–water partition coefficient (Wildman–Crippen LogP) is 4.43. The lowest BCUT2D eigenvalue weighted by Gasteiger charge is -2.14. The van der Waals surface area contributed by atoms with Crippen LogP contribution in [0.25, 0.3) is 21.6 Å². The highest BCUT2D eigenvalue weighted by molar-refractivity contribution is 6.31. The summed E-state index contributed by atoms with van der Waals surface area (Å²) >= 11 is 6.21. The van der Waals surface area contributed by atoms with Crippen LogP contribution in [0.15, 0.2) is 35.4 Å². The van der Waals surface area contributed by atoms with Gasteiger partial charge in [0.25, 0.3) is 0 Å². The zero-order valence-corrected chi connectivity index (χ0v) is 13.8. The first-order valence-electron chi connectivity index (χ1n) is 7.07. The summed E-state index contributed by atoms with van der Waals surface area (Å²) < 4.78 is 22.2.